The van der Waals surface area contributed by atoms with Crippen LogP contribution in [-0.2, 0) is 22.5 Å². The lowest BCUT2D eigenvalue weighted by Crippen LogP contribution is -2.53. The van der Waals surface area contributed by atoms with Gasteiger partial charge in [-0.2, -0.15) is 5.10 Å². The molecule has 0 bridgehead atoms. The standard InChI is InChI=1S/C19H24N4O2/c1-15(19(24)23-10-7-16-5-2-3-6-18(16)23)21-11-12-25-17(13-21)14-22-9-4-8-20-22/h2-6,8-9,15,17H,7,10-14H2,1H3/t15-,17+/m1/s1. The van der Waals surface area contributed by atoms with E-state index in [1.807, 2.05) is 47.0 Å². The molecule has 1 aromatic carbocycles. The van der Waals surface area contributed by atoms with Crippen LogP contribution < -0.4 is 4.90 Å². The number of rotatable bonds is 4. The molecule has 0 spiro atoms. The second-order valence-corrected chi connectivity index (χ2v) is 6.76. The smallest absolute Gasteiger partial charge is 0.244 e. The van der Waals surface area contributed by atoms with E-state index in [1.54, 1.807) is 6.20 Å². The molecule has 0 saturated carbocycles. The van der Waals surface area contributed by atoms with Crippen molar-refractivity contribution in [1.82, 2.24) is 14.7 Å². The first kappa shape index (κ1) is 16.3. The van der Waals surface area contributed by atoms with Gasteiger partial charge in [0.05, 0.1) is 25.3 Å². The number of fused-ring (bicyclic) bond motifs is 1. The SMILES string of the molecule is C[C@H](C(=O)N1CCc2ccccc21)N1CCO[C@H](Cn2cccn2)C1. The fourth-order valence-electron chi connectivity index (χ4n) is 3.77. The monoisotopic (exact) mass is 340 g/mol. The zero-order valence-corrected chi connectivity index (χ0v) is 14.5. The summed E-state index contributed by atoms with van der Waals surface area (Å²) in [5.41, 5.74) is 2.34. The van der Waals surface area contributed by atoms with E-state index < -0.39 is 0 Å². The molecule has 4 rings (SSSR count). The zero-order valence-electron chi connectivity index (χ0n) is 14.5. The van der Waals surface area contributed by atoms with Crippen molar-refractivity contribution in [2.45, 2.75) is 32.0 Å². The summed E-state index contributed by atoms with van der Waals surface area (Å²) in [5, 5.41) is 4.25. The third-order valence-electron chi connectivity index (χ3n) is 5.18. The van der Waals surface area contributed by atoms with E-state index in [1.165, 1.54) is 5.56 Å². The van der Waals surface area contributed by atoms with Crippen LogP contribution in [0.2, 0.25) is 0 Å². The van der Waals surface area contributed by atoms with E-state index in [4.69, 9.17) is 4.74 Å². The molecule has 0 aliphatic carbocycles. The van der Waals surface area contributed by atoms with Gasteiger partial charge in [0.25, 0.3) is 0 Å². The minimum Gasteiger partial charge on any atom is -0.374 e. The molecule has 3 heterocycles. The number of amides is 1. The lowest BCUT2D eigenvalue weighted by Gasteiger charge is -2.37. The fourth-order valence-corrected chi connectivity index (χ4v) is 3.77. The predicted molar refractivity (Wildman–Crippen MR) is 95.5 cm³/mol. The molecule has 2 atom stereocenters. The van der Waals surface area contributed by atoms with Crippen LogP contribution in [0.4, 0.5) is 5.69 Å². The lowest BCUT2D eigenvalue weighted by molar-refractivity contribution is -0.126. The molecule has 1 fully saturated rings. The number of hydrogen-bond donors (Lipinski definition) is 0. The van der Waals surface area contributed by atoms with Crippen LogP contribution >= 0.6 is 0 Å². The molecule has 2 aliphatic heterocycles. The van der Waals surface area contributed by atoms with Crippen molar-refractivity contribution in [2.24, 2.45) is 0 Å². The quantitative estimate of drug-likeness (QED) is 0.848. The number of aromatic nitrogens is 2. The van der Waals surface area contributed by atoms with Gasteiger partial charge in [0.1, 0.15) is 0 Å². The second-order valence-electron chi connectivity index (χ2n) is 6.76. The van der Waals surface area contributed by atoms with Crippen LogP contribution in [0.1, 0.15) is 12.5 Å². The summed E-state index contributed by atoms with van der Waals surface area (Å²) in [6, 6.07) is 9.98. The Kier molecular flexibility index (Phi) is 4.55. The maximum absolute atomic E-state index is 13.1. The normalized spacial score (nSPS) is 22.0. The summed E-state index contributed by atoms with van der Waals surface area (Å²) in [5.74, 6) is 0.185. The number of carbonyl (C=O) groups is 1. The Morgan fingerprint density at radius 1 is 1.32 bits per heavy atom. The Labute approximate surface area is 148 Å². The van der Waals surface area contributed by atoms with Crippen molar-refractivity contribution in [2.75, 3.05) is 31.1 Å². The lowest BCUT2D eigenvalue weighted by atomic mass is 10.1. The van der Waals surface area contributed by atoms with E-state index in [9.17, 15) is 4.79 Å². The van der Waals surface area contributed by atoms with Gasteiger partial charge >= 0.3 is 0 Å². The van der Waals surface area contributed by atoms with Gasteiger partial charge in [-0.05, 0) is 31.0 Å². The Morgan fingerprint density at radius 3 is 3.04 bits per heavy atom. The van der Waals surface area contributed by atoms with E-state index in [0.717, 1.165) is 38.3 Å². The van der Waals surface area contributed by atoms with Crippen LogP contribution in [0.25, 0.3) is 0 Å². The highest BCUT2D eigenvalue weighted by molar-refractivity contribution is 5.98. The summed E-state index contributed by atoms with van der Waals surface area (Å²) in [4.78, 5) is 17.2. The molecule has 0 unspecified atom stereocenters. The first-order valence-corrected chi connectivity index (χ1v) is 8.95. The molecule has 6 nitrogen and oxygen atoms in total. The van der Waals surface area contributed by atoms with Gasteiger partial charge in [-0.1, -0.05) is 18.2 Å². The minimum atomic E-state index is -0.143. The maximum Gasteiger partial charge on any atom is 0.244 e. The fraction of sp³-hybridized carbons (Fsp3) is 0.474. The number of ether oxygens (including phenoxy) is 1. The number of hydrogen-bond acceptors (Lipinski definition) is 4. The van der Waals surface area contributed by atoms with Gasteiger partial charge in [0, 0.05) is 37.7 Å². The first-order chi connectivity index (χ1) is 12.2. The Hall–Kier alpha value is -2.18. The molecule has 0 N–H and O–H groups in total. The Balaban J connectivity index is 1.42. The summed E-state index contributed by atoms with van der Waals surface area (Å²) in [6.07, 6.45) is 4.73. The number of morpholine rings is 1. The average Bonchev–Trinajstić information content (AvgIpc) is 3.30. The van der Waals surface area contributed by atoms with Crippen LogP contribution in [0.3, 0.4) is 0 Å². The van der Waals surface area contributed by atoms with Gasteiger partial charge in [0.2, 0.25) is 5.91 Å². The first-order valence-electron chi connectivity index (χ1n) is 8.95. The molecule has 25 heavy (non-hydrogen) atoms. The average molecular weight is 340 g/mol. The highest BCUT2D eigenvalue weighted by atomic mass is 16.5. The summed E-state index contributed by atoms with van der Waals surface area (Å²) >= 11 is 0. The Morgan fingerprint density at radius 2 is 2.20 bits per heavy atom. The van der Waals surface area contributed by atoms with E-state index in [0.29, 0.717) is 6.61 Å². The largest absolute Gasteiger partial charge is 0.374 e. The molecule has 1 saturated heterocycles. The van der Waals surface area contributed by atoms with Crippen LogP contribution in [0.15, 0.2) is 42.7 Å². The van der Waals surface area contributed by atoms with Crippen LogP contribution in [0, 0.1) is 0 Å². The third kappa shape index (κ3) is 3.32. The van der Waals surface area contributed by atoms with Crippen molar-refractivity contribution in [1.29, 1.82) is 0 Å². The van der Waals surface area contributed by atoms with Crippen molar-refractivity contribution in [3.8, 4) is 0 Å². The second kappa shape index (κ2) is 6.98. The van der Waals surface area contributed by atoms with Crippen LogP contribution in [0.5, 0.6) is 0 Å². The summed E-state index contributed by atoms with van der Waals surface area (Å²) in [7, 11) is 0. The third-order valence-corrected chi connectivity index (χ3v) is 5.18. The molecule has 2 aromatic rings. The molecule has 6 heteroatoms. The molecule has 1 aromatic heterocycles. The van der Waals surface area contributed by atoms with E-state index in [-0.39, 0.29) is 18.1 Å². The number of anilines is 1. The molecule has 132 valence electrons. The topological polar surface area (TPSA) is 50.6 Å². The number of carbonyl (C=O) groups excluding carboxylic acids is 1. The number of benzene rings is 1. The van der Waals surface area contributed by atoms with Crippen molar-refractivity contribution in [3.63, 3.8) is 0 Å². The Bertz CT molecular complexity index is 731. The maximum atomic E-state index is 13.1. The molecule has 2 aliphatic rings. The molecule has 1 amide bonds. The van der Waals surface area contributed by atoms with E-state index in [2.05, 4.69) is 16.1 Å². The molecular formula is C19H24N4O2. The van der Waals surface area contributed by atoms with Gasteiger partial charge < -0.3 is 9.64 Å². The van der Waals surface area contributed by atoms with Crippen molar-refractivity contribution >= 4 is 11.6 Å². The molecular weight excluding hydrogens is 316 g/mol. The summed E-state index contributed by atoms with van der Waals surface area (Å²) < 4.78 is 7.75. The van der Waals surface area contributed by atoms with Gasteiger partial charge in [0.15, 0.2) is 0 Å². The number of nitrogens with zero attached hydrogens (tertiary/aromatic N) is 4. The van der Waals surface area contributed by atoms with Gasteiger partial charge in [-0.25, -0.2) is 0 Å². The zero-order chi connectivity index (χ0) is 17.2. The van der Waals surface area contributed by atoms with Gasteiger partial charge in [-0.15, -0.1) is 0 Å². The van der Waals surface area contributed by atoms with E-state index >= 15 is 0 Å². The van der Waals surface area contributed by atoms with Gasteiger partial charge in [-0.3, -0.25) is 14.4 Å². The van der Waals surface area contributed by atoms with Crippen LogP contribution in [-0.4, -0.2) is 59.0 Å². The summed E-state index contributed by atoms with van der Waals surface area (Å²) in [6.45, 7) is 5.71. The highest BCUT2D eigenvalue weighted by Gasteiger charge is 2.33. The molecule has 0 radical (unpaired) electrons. The van der Waals surface area contributed by atoms with Crippen molar-refractivity contribution < 1.29 is 9.53 Å². The highest BCUT2D eigenvalue weighted by Crippen LogP contribution is 2.28. The van der Waals surface area contributed by atoms with Crippen molar-refractivity contribution in [3.05, 3.63) is 48.3 Å². The minimum absolute atomic E-state index is 0.0646. The predicted octanol–water partition coefficient (Wildman–Crippen LogP) is 1.56. The number of para-hydroxylation sites is 1.